The molecule has 5 nitrogen and oxygen atoms in total. The second kappa shape index (κ2) is 11.0. The topological polar surface area (TPSA) is 64.6 Å². The van der Waals surface area contributed by atoms with Crippen LogP contribution in [0.15, 0.2) is 0 Å². The maximum Gasteiger partial charge on any atom is 0.328 e. The molecule has 0 fully saturated rings. The number of carbonyl (C=O) groups excluding carboxylic acids is 2. The van der Waals surface area contributed by atoms with E-state index in [1.54, 1.807) is 0 Å². The van der Waals surface area contributed by atoms with Crippen molar-refractivity contribution in [3.63, 3.8) is 0 Å². The summed E-state index contributed by atoms with van der Waals surface area (Å²) in [5, 5.41) is 2.64. The van der Waals surface area contributed by atoms with Crippen LogP contribution in [0.2, 0.25) is 0 Å². The molecule has 0 saturated heterocycles. The van der Waals surface area contributed by atoms with E-state index in [9.17, 15) is 9.59 Å². The molecule has 0 saturated carbocycles. The first-order valence-electron chi connectivity index (χ1n) is 6.60. The third-order valence-corrected chi connectivity index (χ3v) is 2.60. The molecule has 0 aromatic heterocycles. The summed E-state index contributed by atoms with van der Waals surface area (Å²) in [6, 6.07) is -0.556. The van der Waals surface area contributed by atoms with Gasteiger partial charge in [-0.3, -0.25) is 4.79 Å². The summed E-state index contributed by atoms with van der Waals surface area (Å²) < 4.78 is 9.67. The van der Waals surface area contributed by atoms with Gasteiger partial charge < -0.3 is 14.8 Å². The zero-order chi connectivity index (χ0) is 13.8. The van der Waals surface area contributed by atoms with E-state index < -0.39 is 12.0 Å². The molecule has 0 aliphatic heterocycles. The summed E-state index contributed by atoms with van der Waals surface area (Å²) >= 11 is 0. The molecule has 1 amide bonds. The number of nitrogens with one attached hydrogen (secondary N) is 1. The third-order valence-electron chi connectivity index (χ3n) is 2.60. The number of ether oxygens (including phenoxy) is 2. The number of carbonyl (C=O) groups is 2. The summed E-state index contributed by atoms with van der Waals surface area (Å²) in [5.41, 5.74) is 0. The van der Waals surface area contributed by atoms with E-state index in [0.29, 0.717) is 13.0 Å². The molecule has 0 aromatic rings. The maximum absolute atomic E-state index is 11.5. The van der Waals surface area contributed by atoms with Gasteiger partial charge in [0, 0.05) is 6.61 Å². The Morgan fingerprint density at radius 1 is 1.17 bits per heavy atom. The van der Waals surface area contributed by atoms with Crippen LogP contribution >= 0.6 is 0 Å². The molecule has 18 heavy (non-hydrogen) atoms. The Kier molecular flexibility index (Phi) is 10.3. The molecule has 0 aromatic carbocycles. The van der Waals surface area contributed by atoms with E-state index in [1.807, 2.05) is 6.92 Å². The van der Waals surface area contributed by atoms with Crippen LogP contribution in [0, 0.1) is 0 Å². The fourth-order valence-corrected chi connectivity index (χ4v) is 1.60. The second-order valence-corrected chi connectivity index (χ2v) is 4.13. The van der Waals surface area contributed by atoms with E-state index in [0.717, 1.165) is 25.7 Å². The Morgan fingerprint density at radius 3 is 2.44 bits per heavy atom. The van der Waals surface area contributed by atoms with Gasteiger partial charge in [0.15, 0.2) is 0 Å². The number of unbranched alkanes of at least 4 members (excludes halogenated alkanes) is 3. The standard InChI is InChI=1S/C13H25NO4/c1-4-6-7-8-9-11(13(16)17-3)14-12(15)10-18-5-2/h11H,4-10H2,1-3H3,(H,14,15). The van der Waals surface area contributed by atoms with Crippen molar-refractivity contribution in [1.82, 2.24) is 5.32 Å². The van der Waals surface area contributed by atoms with E-state index in [-0.39, 0.29) is 12.5 Å². The van der Waals surface area contributed by atoms with Crippen molar-refractivity contribution in [3.8, 4) is 0 Å². The van der Waals surface area contributed by atoms with Gasteiger partial charge in [-0.1, -0.05) is 32.6 Å². The van der Waals surface area contributed by atoms with Crippen LogP contribution in [0.5, 0.6) is 0 Å². The van der Waals surface area contributed by atoms with Gasteiger partial charge in [0.25, 0.3) is 0 Å². The number of rotatable bonds is 10. The predicted octanol–water partition coefficient (Wildman–Crippen LogP) is 1.65. The lowest BCUT2D eigenvalue weighted by Gasteiger charge is -2.16. The minimum atomic E-state index is -0.556. The molecule has 0 bridgehead atoms. The molecule has 0 spiro atoms. The third kappa shape index (κ3) is 8.06. The highest BCUT2D eigenvalue weighted by Crippen LogP contribution is 2.06. The summed E-state index contributed by atoms with van der Waals surface area (Å²) in [6.45, 7) is 4.41. The Labute approximate surface area is 109 Å². The summed E-state index contributed by atoms with van der Waals surface area (Å²) in [7, 11) is 1.33. The van der Waals surface area contributed by atoms with Crippen LogP contribution in [-0.2, 0) is 19.1 Å². The highest BCUT2D eigenvalue weighted by molar-refractivity contribution is 5.84. The number of hydrogen-bond acceptors (Lipinski definition) is 4. The van der Waals surface area contributed by atoms with Crippen molar-refractivity contribution in [3.05, 3.63) is 0 Å². The molecule has 1 N–H and O–H groups in total. The van der Waals surface area contributed by atoms with Crippen molar-refractivity contribution in [2.45, 2.75) is 52.0 Å². The number of amides is 1. The lowest BCUT2D eigenvalue weighted by Crippen LogP contribution is -2.43. The zero-order valence-electron chi connectivity index (χ0n) is 11.7. The minimum absolute atomic E-state index is 0.0149. The van der Waals surface area contributed by atoms with Gasteiger partial charge in [-0.25, -0.2) is 4.79 Å². The molecule has 1 atom stereocenters. The summed E-state index contributed by atoms with van der Waals surface area (Å²) in [6.07, 6.45) is 4.86. The monoisotopic (exact) mass is 259 g/mol. The first-order valence-corrected chi connectivity index (χ1v) is 6.60. The number of hydrogen-bond donors (Lipinski definition) is 1. The van der Waals surface area contributed by atoms with Gasteiger partial charge in [-0.15, -0.1) is 0 Å². The second-order valence-electron chi connectivity index (χ2n) is 4.13. The van der Waals surface area contributed by atoms with Crippen molar-refractivity contribution in [1.29, 1.82) is 0 Å². The quantitative estimate of drug-likeness (QED) is 0.478. The molecule has 0 radical (unpaired) electrons. The van der Waals surface area contributed by atoms with E-state index in [4.69, 9.17) is 4.74 Å². The van der Waals surface area contributed by atoms with Crippen LogP contribution in [-0.4, -0.2) is 38.2 Å². The van der Waals surface area contributed by atoms with Crippen LogP contribution < -0.4 is 5.32 Å². The fourth-order valence-electron chi connectivity index (χ4n) is 1.60. The van der Waals surface area contributed by atoms with Crippen molar-refractivity contribution in [2.75, 3.05) is 20.3 Å². The lowest BCUT2D eigenvalue weighted by molar-refractivity contribution is -0.145. The minimum Gasteiger partial charge on any atom is -0.467 e. The highest BCUT2D eigenvalue weighted by atomic mass is 16.5. The first-order chi connectivity index (χ1) is 8.65. The molecular formula is C13H25NO4. The van der Waals surface area contributed by atoms with Crippen LogP contribution in [0.25, 0.3) is 0 Å². The van der Waals surface area contributed by atoms with Crippen molar-refractivity contribution in [2.24, 2.45) is 0 Å². The van der Waals surface area contributed by atoms with Crippen molar-refractivity contribution >= 4 is 11.9 Å². The molecule has 0 rings (SSSR count). The van der Waals surface area contributed by atoms with Gasteiger partial charge in [-0.05, 0) is 13.3 Å². The first kappa shape index (κ1) is 16.9. The highest BCUT2D eigenvalue weighted by Gasteiger charge is 2.20. The molecular weight excluding hydrogens is 234 g/mol. The van der Waals surface area contributed by atoms with Crippen LogP contribution in [0.4, 0.5) is 0 Å². The Balaban J connectivity index is 4.06. The molecule has 106 valence electrons. The molecule has 5 heteroatoms. The van der Waals surface area contributed by atoms with E-state index in [2.05, 4.69) is 17.0 Å². The molecule has 0 aliphatic carbocycles. The zero-order valence-corrected chi connectivity index (χ0v) is 11.7. The summed E-state index contributed by atoms with van der Waals surface area (Å²) in [5.74, 6) is -0.668. The van der Waals surface area contributed by atoms with Gasteiger partial charge >= 0.3 is 5.97 Å². The fraction of sp³-hybridized carbons (Fsp3) is 0.846. The number of esters is 1. The van der Waals surface area contributed by atoms with Gasteiger partial charge in [0.1, 0.15) is 12.6 Å². The largest absolute Gasteiger partial charge is 0.467 e. The number of methoxy groups -OCH3 is 1. The average molecular weight is 259 g/mol. The maximum atomic E-state index is 11.5. The average Bonchev–Trinajstić information content (AvgIpc) is 2.38. The smallest absolute Gasteiger partial charge is 0.328 e. The predicted molar refractivity (Wildman–Crippen MR) is 69.2 cm³/mol. The van der Waals surface area contributed by atoms with Gasteiger partial charge in [-0.2, -0.15) is 0 Å². The SMILES string of the molecule is CCCCCCC(NC(=O)COCC)C(=O)OC. The molecule has 1 unspecified atom stereocenters. The Bertz CT molecular complexity index is 243. The van der Waals surface area contributed by atoms with Crippen LogP contribution in [0.3, 0.4) is 0 Å². The van der Waals surface area contributed by atoms with Crippen molar-refractivity contribution < 1.29 is 19.1 Å². The Hall–Kier alpha value is -1.10. The van der Waals surface area contributed by atoms with E-state index in [1.165, 1.54) is 7.11 Å². The van der Waals surface area contributed by atoms with Gasteiger partial charge in [0.05, 0.1) is 7.11 Å². The van der Waals surface area contributed by atoms with Crippen LogP contribution in [0.1, 0.15) is 46.0 Å². The Morgan fingerprint density at radius 2 is 1.89 bits per heavy atom. The van der Waals surface area contributed by atoms with E-state index >= 15 is 0 Å². The summed E-state index contributed by atoms with van der Waals surface area (Å²) in [4.78, 5) is 23.0. The molecule has 0 aliphatic rings. The lowest BCUT2D eigenvalue weighted by atomic mass is 10.1. The normalized spacial score (nSPS) is 11.9. The molecule has 0 heterocycles. The van der Waals surface area contributed by atoms with Gasteiger partial charge in [0.2, 0.25) is 5.91 Å².